The lowest BCUT2D eigenvalue weighted by atomic mass is 10.3. The number of anilines is 1. The Bertz CT molecular complexity index is 823. The van der Waals surface area contributed by atoms with Crippen molar-refractivity contribution in [3.8, 4) is 11.5 Å². The number of aldehydes is 1. The van der Waals surface area contributed by atoms with Crippen LogP contribution in [0.2, 0.25) is 0 Å². The van der Waals surface area contributed by atoms with Crippen molar-refractivity contribution in [3.63, 3.8) is 0 Å². The Morgan fingerprint density at radius 1 is 0.958 bits per heavy atom. The van der Waals surface area contributed by atoms with Gasteiger partial charge in [0.15, 0.2) is 6.29 Å². The van der Waals surface area contributed by atoms with Gasteiger partial charge in [0.1, 0.15) is 18.0 Å². The molecule has 3 rings (SSSR count). The molecule has 0 radical (unpaired) electrons. The van der Waals surface area contributed by atoms with Crippen molar-refractivity contribution in [3.05, 3.63) is 78.6 Å². The molecule has 0 unspecified atom stereocenters. The van der Waals surface area contributed by atoms with Crippen LogP contribution in [0.5, 0.6) is 11.5 Å². The number of para-hydroxylation sites is 1. The first-order valence-electron chi connectivity index (χ1n) is 7.48. The number of amides is 1. The molecular weight excluding hydrogens is 304 g/mol. The van der Waals surface area contributed by atoms with E-state index in [0.717, 1.165) is 12.0 Å². The normalized spacial score (nSPS) is 10.2. The Labute approximate surface area is 139 Å². The van der Waals surface area contributed by atoms with E-state index in [1.165, 1.54) is 0 Å². The van der Waals surface area contributed by atoms with Gasteiger partial charge < -0.3 is 14.6 Å². The quantitative estimate of drug-likeness (QED) is 0.704. The van der Waals surface area contributed by atoms with Crippen LogP contribution in [0.25, 0.3) is 0 Å². The summed E-state index contributed by atoms with van der Waals surface area (Å²) in [5, 5.41) is 2.79. The Balaban J connectivity index is 1.59. The van der Waals surface area contributed by atoms with Gasteiger partial charge in [-0.15, -0.1) is 0 Å². The average molecular weight is 320 g/mol. The summed E-state index contributed by atoms with van der Waals surface area (Å²) in [6.07, 6.45) is 2.42. The Morgan fingerprint density at radius 3 is 2.38 bits per heavy atom. The maximum absolute atomic E-state index is 12.0. The molecule has 0 bridgehead atoms. The highest BCUT2D eigenvalue weighted by atomic mass is 16.5. The largest absolute Gasteiger partial charge is 0.457 e. The minimum Gasteiger partial charge on any atom is -0.457 e. The number of carbonyl (C=O) groups excluding carboxylic acids is 2. The minimum absolute atomic E-state index is 0.0866. The molecule has 2 aromatic carbocycles. The fourth-order valence-corrected chi connectivity index (χ4v) is 2.26. The van der Waals surface area contributed by atoms with Gasteiger partial charge in [-0.05, 0) is 48.5 Å². The summed E-state index contributed by atoms with van der Waals surface area (Å²) in [5.41, 5.74) is 1.14. The third kappa shape index (κ3) is 3.89. The smallest absolute Gasteiger partial charge is 0.244 e. The zero-order chi connectivity index (χ0) is 16.8. The summed E-state index contributed by atoms with van der Waals surface area (Å²) in [4.78, 5) is 22.9. The summed E-state index contributed by atoms with van der Waals surface area (Å²) in [7, 11) is 0. The second-order valence-corrected chi connectivity index (χ2v) is 5.17. The van der Waals surface area contributed by atoms with Crippen LogP contribution in [0, 0.1) is 0 Å². The number of hydrogen-bond acceptors (Lipinski definition) is 3. The van der Waals surface area contributed by atoms with Gasteiger partial charge in [0.05, 0.1) is 5.69 Å². The van der Waals surface area contributed by atoms with E-state index in [4.69, 9.17) is 4.74 Å². The Kier molecular flexibility index (Phi) is 4.72. The molecule has 24 heavy (non-hydrogen) atoms. The van der Waals surface area contributed by atoms with Crippen LogP contribution >= 0.6 is 0 Å². The highest BCUT2D eigenvalue weighted by Crippen LogP contribution is 2.22. The molecule has 1 heterocycles. The lowest BCUT2D eigenvalue weighted by Crippen LogP contribution is -2.19. The highest BCUT2D eigenvalue weighted by Gasteiger charge is 2.06. The molecule has 3 aromatic rings. The van der Waals surface area contributed by atoms with Gasteiger partial charge in [0.2, 0.25) is 5.91 Å². The first-order chi connectivity index (χ1) is 11.7. The molecule has 0 saturated carbocycles. The van der Waals surface area contributed by atoms with E-state index in [-0.39, 0.29) is 12.5 Å². The fraction of sp³-hybridized carbons (Fsp3) is 0.0526. The summed E-state index contributed by atoms with van der Waals surface area (Å²) >= 11 is 0. The van der Waals surface area contributed by atoms with Crippen molar-refractivity contribution in [1.29, 1.82) is 0 Å². The maximum Gasteiger partial charge on any atom is 0.244 e. The predicted molar refractivity (Wildman–Crippen MR) is 91.4 cm³/mol. The number of nitrogens with zero attached hydrogens (tertiary/aromatic N) is 1. The van der Waals surface area contributed by atoms with Gasteiger partial charge in [-0.25, -0.2) is 0 Å². The molecule has 0 aliphatic carbocycles. The number of carbonyl (C=O) groups is 2. The molecule has 120 valence electrons. The number of ether oxygens (including phenoxy) is 1. The summed E-state index contributed by atoms with van der Waals surface area (Å²) in [5.74, 6) is 1.24. The van der Waals surface area contributed by atoms with E-state index < -0.39 is 0 Å². The highest BCUT2D eigenvalue weighted by molar-refractivity contribution is 5.91. The van der Waals surface area contributed by atoms with Crippen LogP contribution in [0.3, 0.4) is 0 Å². The number of aromatic nitrogens is 1. The number of nitrogens with one attached hydrogen (secondary N) is 1. The second-order valence-electron chi connectivity index (χ2n) is 5.17. The van der Waals surface area contributed by atoms with Gasteiger partial charge in [-0.2, -0.15) is 0 Å². The van der Waals surface area contributed by atoms with Crippen LogP contribution in [0.15, 0.2) is 72.9 Å². The first-order valence-corrected chi connectivity index (χ1v) is 7.48. The average Bonchev–Trinajstić information content (AvgIpc) is 3.04. The van der Waals surface area contributed by atoms with Crippen LogP contribution in [-0.2, 0) is 11.3 Å². The molecule has 0 spiro atoms. The second kappa shape index (κ2) is 7.28. The van der Waals surface area contributed by atoms with Gasteiger partial charge >= 0.3 is 0 Å². The lowest BCUT2D eigenvalue weighted by molar-refractivity contribution is -0.116. The summed E-state index contributed by atoms with van der Waals surface area (Å²) in [6.45, 7) is 0.0866. The SMILES string of the molecule is O=Cc1cccn1CC(=O)Nc1ccc(Oc2ccccc2)cc1. The van der Waals surface area contributed by atoms with E-state index in [9.17, 15) is 9.59 Å². The standard InChI is InChI=1S/C19H16N2O3/c22-14-16-5-4-12-21(16)13-19(23)20-15-8-10-18(11-9-15)24-17-6-2-1-3-7-17/h1-12,14H,13H2,(H,20,23). The van der Waals surface area contributed by atoms with Crippen LogP contribution < -0.4 is 10.1 Å². The van der Waals surface area contributed by atoms with E-state index in [0.29, 0.717) is 17.1 Å². The Morgan fingerprint density at radius 2 is 1.67 bits per heavy atom. The predicted octanol–water partition coefficient (Wildman–Crippen LogP) is 3.73. The minimum atomic E-state index is -0.203. The van der Waals surface area contributed by atoms with Crippen molar-refractivity contribution in [2.45, 2.75) is 6.54 Å². The van der Waals surface area contributed by atoms with Gasteiger partial charge in [-0.1, -0.05) is 18.2 Å². The topological polar surface area (TPSA) is 60.3 Å². The third-order valence-corrected chi connectivity index (χ3v) is 3.42. The number of rotatable bonds is 6. The van der Waals surface area contributed by atoms with E-state index in [1.807, 2.05) is 30.3 Å². The summed E-state index contributed by atoms with van der Waals surface area (Å²) in [6, 6.07) is 20.0. The van der Waals surface area contributed by atoms with Crippen molar-refractivity contribution >= 4 is 17.9 Å². The third-order valence-electron chi connectivity index (χ3n) is 3.42. The molecule has 5 heteroatoms. The van der Waals surface area contributed by atoms with Crippen LogP contribution in [0.4, 0.5) is 5.69 Å². The fourth-order valence-electron chi connectivity index (χ4n) is 2.26. The van der Waals surface area contributed by atoms with Crippen molar-refractivity contribution in [1.82, 2.24) is 4.57 Å². The molecule has 5 nitrogen and oxygen atoms in total. The molecule has 1 N–H and O–H groups in total. The van der Waals surface area contributed by atoms with E-state index >= 15 is 0 Å². The first kappa shape index (κ1) is 15.6. The van der Waals surface area contributed by atoms with Gasteiger partial charge in [0, 0.05) is 11.9 Å². The molecule has 0 aliphatic heterocycles. The molecule has 0 aliphatic rings. The zero-order valence-corrected chi connectivity index (χ0v) is 12.9. The number of benzene rings is 2. The van der Waals surface area contributed by atoms with E-state index in [1.54, 1.807) is 47.2 Å². The van der Waals surface area contributed by atoms with Gasteiger partial charge in [0.25, 0.3) is 0 Å². The van der Waals surface area contributed by atoms with Crippen molar-refractivity contribution in [2.24, 2.45) is 0 Å². The molecule has 0 saturated heterocycles. The van der Waals surface area contributed by atoms with Gasteiger partial charge in [-0.3, -0.25) is 9.59 Å². The van der Waals surface area contributed by atoms with E-state index in [2.05, 4.69) is 5.32 Å². The zero-order valence-electron chi connectivity index (χ0n) is 12.9. The molecule has 1 aromatic heterocycles. The monoisotopic (exact) mass is 320 g/mol. The summed E-state index contributed by atoms with van der Waals surface area (Å²) < 4.78 is 7.29. The number of hydrogen-bond donors (Lipinski definition) is 1. The molecule has 0 atom stereocenters. The molecule has 0 fully saturated rings. The Hall–Kier alpha value is -3.34. The molecular formula is C19H16N2O3. The van der Waals surface area contributed by atoms with Crippen molar-refractivity contribution in [2.75, 3.05) is 5.32 Å². The molecule has 1 amide bonds. The lowest BCUT2D eigenvalue weighted by Gasteiger charge is -2.09. The van der Waals surface area contributed by atoms with Crippen molar-refractivity contribution < 1.29 is 14.3 Å². The van der Waals surface area contributed by atoms with Crippen LogP contribution in [-0.4, -0.2) is 16.8 Å². The maximum atomic E-state index is 12.0. The van der Waals surface area contributed by atoms with Crippen LogP contribution in [0.1, 0.15) is 10.5 Å².